The van der Waals surface area contributed by atoms with Crippen LogP contribution in [0.3, 0.4) is 0 Å². The van der Waals surface area contributed by atoms with Gasteiger partial charge in [-0.15, -0.1) is 0 Å². The number of fused-ring (bicyclic) bond motifs is 2. The second-order valence-corrected chi connectivity index (χ2v) is 7.03. The number of hydrogen-bond acceptors (Lipinski definition) is 2. The highest BCUT2D eigenvalue weighted by molar-refractivity contribution is 9.10. The van der Waals surface area contributed by atoms with Crippen molar-refractivity contribution in [2.45, 2.75) is 5.92 Å². The summed E-state index contributed by atoms with van der Waals surface area (Å²) < 4.78 is 5.36. The molecule has 0 radical (unpaired) electrons. The van der Waals surface area contributed by atoms with E-state index in [1.165, 1.54) is 5.56 Å². The molecule has 0 N–H and O–H groups in total. The Morgan fingerprint density at radius 3 is 1.81 bits per heavy atom. The molecule has 4 nitrogen and oxygen atoms in total. The molecule has 5 heteroatoms. The van der Waals surface area contributed by atoms with Crippen LogP contribution in [0.15, 0.2) is 89.9 Å². The molecule has 0 saturated carbocycles. The molecule has 4 aromatic heterocycles. The maximum absolute atomic E-state index is 4.60. The molecule has 0 aliphatic rings. The van der Waals surface area contributed by atoms with Crippen molar-refractivity contribution < 1.29 is 0 Å². The van der Waals surface area contributed by atoms with Crippen molar-refractivity contribution in [2.75, 3.05) is 0 Å². The predicted molar refractivity (Wildman–Crippen MR) is 105 cm³/mol. The molecular formula is C21H15BrN4. The molecule has 1 aromatic carbocycles. The Kier molecular flexibility index (Phi) is 3.60. The fourth-order valence-electron chi connectivity index (χ4n) is 3.51. The van der Waals surface area contributed by atoms with Gasteiger partial charge in [-0.25, -0.2) is 9.97 Å². The molecule has 0 aliphatic heterocycles. The minimum Gasteiger partial charge on any atom is -0.303 e. The lowest BCUT2D eigenvalue weighted by atomic mass is 9.93. The summed E-state index contributed by atoms with van der Waals surface area (Å²) >= 11 is 3.74. The molecule has 0 atom stereocenters. The van der Waals surface area contributed by atoms with E-state index < -0.39 is 0 Å². The molecule has 4 heterocycles. The Morgan fingerprint density at radius 2 is 1.23 bits per heavy atom. The van der Waals surface area contributed by atoms with Crippen molar-refractivity contribution in [3.8, 4) is 0 Å². The predicted octanol–water partition coefficient (Wildman–Crippen LogP) is 4.92. The lowest BCUT2D eigenvalue weighted by molar-refractivity contribution is 0.842. The van der Waals surface area contributed by atoms with Crippen LogP contribution >= 0.6 is 15.9 Å². The number of benzene rings is 1. The zero-order valence-corrected chi connectivity index (χ0v) is 15.4. The zero-order valence-electron chi connectivity index (χ0n) is 13.8. The van der Waals surface area contributed by atoms with Gasteiger partial charge in [0.25, 0.3) is 0 Å². The van der Waals surface area contributed by atoms with Crippen LogP contribution in [0.25, 0.3) is 11.3 Å². The van der Waals surface area contributed by atoms with Gasteiger partial charge in [-0.05, 0) is 35.9 Å². The van der Waals surface area contributed by atoms with Crippen LogP contribution in [0.4, 0.5) is 0 Å². The van der Waals surface area contributed by atoms with Crippen LogP contribution in [0, 0.1) is 0 Å². The van der Waals surface area contributed by atoms with Gasteiger partial charge in [0.2, 0.25) is 0 Å². The highest BCUT2D eigenvalue weighted by Gasteiger charge is 2.25. The van der Waals surface area contributed by atoms with Crippen molar-refractivity contribution in [1.29, 1.82) is 0 Å². The molecule has 126 valence electrons. The van der Waals surface area contributed by atoms with Crippen LogP contribution in [0.1, 0.15) is 22.9 Å². The minimum absolute atomic E-state index is 0.000347. The van der Waals surface area contributed by atoms with Crippen molar-refractivity contribution in [3.63, 3.8) is 0 Å². The van der Waals surface area contributed by atoms with Gasteiger partial charge in [-0.2, -0.15) is 0 Å². The quantitative estimate of drug-likeness (QED) is 0.428. The van der Waals surface area contributed by atoms with E-state index >= 15 is 0 Å². The maximum Gasteiger partial charge on any atom is 0.136 e. The SMILES string of the molecule is Brc1ccccc1C(c1cnc2ccccn12)c1cnc2ccccn12. The molecule has 0 aliphatic carbocycles. The standard InChI is InChI=1S/C21H15BrN4/c22-16-8-2-1-7-15(16)21(17-13-23-19-9-3-5-11-25(17)19)18-14-24-20-10-4-6-12-26(18)20/h1-14,21H. The van der Waals surface area contributed by atoms with Gasteiger partial charge in [0.05, 0.1) is 29.7 Å². The number of nitrogens with zero attached hydrogens (tertiary/aromatic N) is 4. The normalized spacial score (nSPS) is 11.6. The molecule has 5 aromatic rings. The second-order valence-electron chi connectivity index (χ2n) is 6.18. The van der Waals surface area contributed by atoms with E-state index in [1.54, 1.807) is 0 Å². The smallest absolute Gasteiger partial charge is 0.136 e. The van der Waals surface area contributed by atoms with E-state index in [0.29, 0.717) is 0 Å². The number of imidazole rings is 2. The molecule has 0 amide bonds. The zero-order chi connectivity index (χ0) is 17.5. The highest BCUT2D eigenvalue weighted by atomic mass is 79.9. The summed E-state index contributed by atoms with van der Waals surface area (Å²) in [6, 6.07) is 20.5. The first-order valence-corrected chi connectivity index (χ1v) is 9.20. The first-order chi connectivity index (χ1) is 12.8. The lowest BCUT2D eigenvalue weighted by Crippen LogP contribution is -2.09. The van der Waals surface area contributed by atoms with E-state index in [1.807, 2.05) is 54.9 Å². The third-order valence-electron chi connectivity index (χ3n) is 4.70. The van der Waals surface area contributed by atoms with Crippen LogP contribution in [-0.4, -0.2) is 18.8 Å². The number of hydrogen-bond donors (Lipinski definition) is 0. The van der Waals surface area contributed by atoms with Gasteiger partial charge in [0.1, 0.15) is 11.3 Å². The molecule has 5 rings (SSSR count). The minimum atomic E-state index is 0.000347. The van der Waals surface area contributed by atoms with E-state index in [0.717, 1.165) is 27.2 Å². The Balaban J connectivity index is 1.83. The molecule has 0 spiro atoms. The molecule has 0 unspecified atom stereocenters. The Labute approximate surface area is 158 Å². The monoisotopic (exact) mass is 402 g/mol. The van der Waals surface area contributed by atoms with Crippen LogP contribution in [-0.2, 0) is 0 Å². The molecule has 0 fully saturated rings. The number of halogens is 1. The summed E-state index contributed by atoms with van der Waals surface area (Å²) in [6.07, 6.45) is 8.04. The third kappa shape index (κ3) is 2.35. The Morgan fingerprint density at radius 1 is 0.692 bits per heavy atom. The van der Waals surface area contributed by atoms with Gasteiger partial charge in [0, 0.05) is 16.9 Å². The summed E-state index contributed by atoms with van der Waals surface area (Å²) in [5.41, 5.74) is 5.28. The fourth-order valence-corrected chi connectivity index (χ4v) is 4.02. The van der Waals surface area contributed by atoms with E-state index in [-0.39, 0.29) is 5.92 Å². The largest absolute Gasteiger partial charge is 0.303 e. The van der Waals surface area contributed by atoms with Crippen LogP contribution in [0.2, 0.25) is 0 Å². The average Bonchev–Trinajstić information content (AvgIpc) is 3.29. The van der Waals surface area contributed by atoms with Crippen LogP contribution in [0.5, 0.6) is 0 Å². The van der Waals surface area contributed by atoms with Crippen molar-refractivity contribution in [3.05, 3.63) is 107 Å². The van der Waals surface area contributed by atoms with E-state index in [4.69, 9.17) is 0 Å². The third-order valence-corrected chi connectivity index (χ3v) is 5.42. The summed E-state index contributed by atoms with van der Waals surface area (Å²) in [7, 11) is 0. The summed E-state index contributed by atoms with van der Waals surface area (Å²) in [5, 5.41) is 0. The number of pyridine rings is 2. The molecule has 0 bridgehead atoms. The Hall–Kier alpha value is -2.92. The molecule has 26 heavy (non-hydrogen) atoms. The summed E-state index contributed by atoms with van der Waals surface area (Å²) in [4.78, 5) is 9.21. The molecular weight excluding hydrogens is 388 g/mol. The highest BCUT2D eigenvalue weighted by Crippen LogP contribution is 2.36. The Bertz CT molecular complexity index is 1150. The van der Waals surface area contributed by atoms with Crippen LogP contribution < -0.4 is 0 Å². The van der Waals surface area contributed by atoms with Crippen molar-refractivity contribution >= 4 is 27.2 Å². The van der Waals surface area contributed by atoms with Gasteiger partial charge in [0.15, 0.2) is 0 Å². The maximum atomic E-state index is 4.60. The van der Waals surface area contributed by atoms with Gasteiger partial charge in [-0.1, -0.05) is 46.3 Å². The molecule has 0 saturated heterocycles. The van der Waals surface area contributed by atoms with Gasteiger partial charge in [-0.3, -0.25) is 0 Å². The summed E-state index contributed by atoms with van der Waals surface area (Å²) in [5.74, 6) is 0.000347. The van der Waals surface area contributed by atoms with E-state index in [9.17, 15) is 0 Å². The first kappa shape index (κ1) is 15.3. The summed E-state index contributed by atoms with van der Waals surface area (Å²) in [6.45, 7) is 0. The topological polar surface area (TPSA) is 34.6 Å². The van der Waals surface area contributed by atoms with Gasteiger partial charge >= 0.3 is 0 Å². The number of rotatable bonds is 3. The van der Waals surface area contributed by atoms with Crippen molar-refractivity contribution in [1.82, 2.24) is 18.8 Å². The second kappa shape index (κ2) is 6.11. The first-order valence-electron chi connectivity index (χ1n) is 8.41. The number of aromatic nitrogens is 4. The average molecular weight is 403 g/mol. The fraction of sp³-hybridized carbons (Fsp3) is 0.0476. The van der Waals surface area contributed by atoms with E-state index in [2.05, 4.69) is 65.3 Å². The lowest BCUT2D eigenvalue weighted by Gasteiger charge is -2.19. The van der Waals surface area contributed by atoms with Gasteiger partial charge < -0.3 is 8.80 Å². The van der Waals surface area contributed by atoms with Crippen molar-refractivity contribution in [2.24, 2.45) is 0 Å².